The number of carbonyl (C=O) groups excluding carboxylic acids is 1. The van der Waals surface area contributed by atoms with E-state index in [0.29, 0.717) is 42.0 Å². The molecule has 8 nitrogen and oxygen atoms in total. The smallest absolute Gasteiger partial charge is 0.268 e. The number of ether oxygens (including phenoxy) is 3. The van der Waals surface area contributed by atoms with Crippen molar-refractivity contribution in [2.75, 3.05) is 25.1 Å². The number of nitrogens with one attached hydrogen (secondary N) is 1. The zero-order chi connectivity index (χ0) is 26.8. The fourth-order valence-corrected chi connectivity index (χ4v) is 4.16. The zero-order valence-corrected chi connectivity index (χ0v) is 22.6. The molecule has 3 aromatic rings. The van der Waals surface area contributed by atoms with Gasteiger partial charge in [0.15, 0.2) is 11.5 Å². The van der Waals surface area contributed by atoms with Crippen LogP contribution in [0, 0.1) is 18.3 Å². The molecule has 0 fully saturated rings. The average molecular weight is 521 g/mol. The third-order valence-corrected chi connectivity index (χ3v) is 6.37. The molecular formula is C28H32N4O4S. The Labute approximate surface area is 221 Å². The Morgan fingerprint density at radius 2 is 1.86 bits per heavy atom. The standard InChI is InChI=1S/C28H32N4O4S/c1-6-20-12-19(5)13-23(15-20)35-10-11-36-24-9-8-21(16-25(24)34-7-2)14-22(17-29)26(33)30-28-32-31-27(37-28)18(3)4/h8-9,12-16,18H,6-7,10-11H2,1-5H3,(H,30,32,33)/b22-14-. The van der Waals surface area contributed by atoms with Gasteiger partial charge in [0, 0.05) is 5.92 Å². The fourth-order valence-electron chi connectivity index (χ4n) is 3.42. The Hall–Kier alpha value is -3.90. The van der Waals surface area contributed by atoms with Crippen molar-refractivity contribution in [3.8, 4) is 23.3 Å². The number of hydrogen-bond acceptors (Lipinski definition) is 8. The van der Waals surface area contributed by atoms with E-state index < -0.39 is 5.91 Å². The van der Waals surface area contributed by atoms with Gasteiger partial charge in [-0.1, -0.05) is 44.2 Å². The van der Waals surface area contributed by atoms with Gasteiger partial charge in [-0.05, 0) is 67.3 Å². The number of aryl methyl sites for hydroxylation is 2. The number of carbonyl (C=O) groups is 1. The summed E-state index contributed by atoms with van der Waals surface area (Å²) in [5.74, 6) is 1.55. The van der Waals surface area contributed by atoms with Gasteiger partial charge in [0.05, 0.1) is 6.61 Å². The first-order valence-corrected chi connectivity index (χ1v) is 13.0. The summed E-state index contributed by atoms with van der Waals surface area (Å²) in [6.07, 6.45) is 2.45. The van der Waals surface area contributed by atoms with Crippen LogP contribution in [0.1, 0.15) is 55.3 Å². The average Bonchev–Trinajstić information content (AvgIpc) is 3.34. The molecule has 0 bridgehead atoms. The molecule has 0 saturated heterocycles. The fraction of sp³-hybridized carbons (Fsp3) is 0.357. The zero-order valence-electron chi connectivity index (χ0n) is 21.8. The second-order valence-electron chi connectivity index (χ2n) is 8.57. The van der Waals surface area contributed by atoms with E-state index in [9.17, 15) is 10.1 Å². The Bertz CT molecular complexity index is 1290. The van der Waals surface area contributed by atoms with Crippen LogP contribution in [0.5, 0.6) is 17.2 Å². The van der Waals surface area contributed by atoms with E-state index in [-0.39, 0.29) is 11.5 Å². The SMILES string of the molecule is CCOc1cc(/C=C(/C#N)C(=O)Nc2nnc(C(C)C)s2)ccc1OCCOc1cc(C)cc(CC)c1. The molecule has 37 heavy (non-hydrogen) atoms. The molecule has 0 aliphatic rings. The molecule has 0 spiro atoms. The van der Waals surface area contributed by atoms with Crippen LogP contribution < -0.4 is 19.5 Å². The number of benzene rings is 2. The van der Waals surface area contributed by atoms with Gasteiger partial charge in [-0.15, -0.1) is 10.2 Å². The molecule has 0 unspecified atom stereocenters. The first-order chi connectivity index (χ1) is 17.8. The maximum Gasteiger partial charge on any atom is 0.268 e. The minimum absolute atomic E-state index is 0.0598. The molecular weight excluding hydrogens is 488 g/mol. The van der Waals surface area contributed by atoms with E-state index in [1.54, 1.807) is 18.2 Å². The van der Waals surface area contributed by atoms with Gasteiger partial charge >= 0.3 is 0 Å². The van der Waals surface area contributed by atoms with E-state index in [1.165, 1.54) is 23.0 Å². The first-order valence-electron chi connectivity index (χ1n) is 12.2. The van der Waals surface area contributed by atoms with Crippen molar-refractivity contribution in [2.45, 2.75) is 47.0 Å². The van der Waals surface area contributed by atoms with Gasteiger partial charge in [-0.25, -0.2) is 0 Å². The molecule has 9 heteroatoms. The highest BCUT2D eigenvalue weighted by molar-refractivity contribution is 7.15. The van der Waals surface area contributed by atoms with E-state index in [1.807, 2.05) is 45.9 Å². The lowest BCUT2D eigenvalue weighted by Crippen LogP contribution is -2.13. The lowest BCUT2D eigenvalue weighted by molar-refractivity contribution is -0.112. The summed E-state index contributed by atoms with van der Waals surface area (Å²) in [5, 5.41) is 21.4. The number of nitrogens with zero attached hydrogens (tertiary/aromatic N) is 3. The first kappa shape index (κ1) is 27.7. The molecule has 0 aliphatic heterocycles. The normalized spacial score (nSPS) is 11.2. The summed E-state index contributed by atoms with van der Waals surface area (Å²) in [7, 11) is 0. The number of amides is 1. The van der Waals surface area contributed by atoms with Crippen LogP contribution >= 0.6 is 11.3 Å². The molecule has 3 rings (SSSR count). The number of anilines is 1. The lowest BCUT2D eigenvalue weighted by Gasteiger charge is -2.14. The van der Waals surface area contributed by atoms with Gasteiger partial charge < -0.3 is 14.2 Å². The van der Waals surface area contributed by atoms with Crippen molar-refractivity contribution in [1.82, 2.24) is 10.2 Å². The van der Waals surface area contributed by atoms with Crippen LogP contribution in [0.4, 0.5) is 5.13 Å². The Balaban J connectivity index is 1.65. The van der Waals surface area contributed by atoms with Crippen LogP contribution in [-0.4, -0.2) is 35.9 Å². The highest BCUT2D eigenvalue weighted by Gasteiger charge is 2.15. The minimum atomic E-state index is -0.549. The van der Waals surface area contributed by atoms with Crippen LogP contribution in [0.15, 0.2) is 42.0 Å². The van der Waals surface area contributed by atoms with Crippen LogP contribution in [0.2, 0.25) is 0 Å². The second-order valence-corrected chi connectivity index (χ2v) is 9.58. The number of hydrogen-bond donors (Lipinski definition) is 1. The minimum Gasteiger partial charge on any atom is -0.490 e. The maximum absolute atomic E-state index is 12.6. The summed E-state index contributed by atoms with van der Waals surface area (Å²) in [4.78, 5) is 12.6. The van der Waals surface area contributed by atoms with Crippen molar-refractivity contribution >= 4 is 28.5 Å². The molecule has 1 N–H and O–H groups in total. The predicted molar refractivity (Wildman–Crippen MR) is 145 cm³/mol. The quantitative estimate of drug-likeness (QED) is 0.179. The Morgan fingerprint density at radius 1 is 1.08 bits per heavy atom. The molecule has 2 aromatic carbocycles. The van der Waals surface area contributed by atoms with Crippen molar-refractivity contribution in [3.63, 3.8) is 0 Å². The Kier molecular flexibility index (Phi) is 10.0. The maximum atomic E-state index is 12.6. The van der Waals surface area contributed by atoms with Crippen LogP contribution in [-0.2, 0) is 11.2 Å². The molecule has 1 aromatic heterocycles. The van der Waals surface area contributed by atoms with E-state index in [2.05, 4.69) is 28.5 Å². The van der Waals surface area contributed by atoms with Gasteiger partial charge in [-0.2, -0.15) is 5.26 Å². The third-order valence-electron chi connectivity index (χ3n) is 5.23. The van der Waals surface area contributed by atoms with Crippen molar-refractivity contribution in [3.05, 3.63) is 63.7 Å². The van der Waals surface area contributed by atoms with Crippen LogP contribution in [0.3, 0.4) is 0 Å². The van der Waals surface area contributed by atoms with Crippen LogP contribution in [0.25, 0.3) is 6.08 Å². The molecule has 1 amide bonds. The van der Waals surface area contributed by atoms with Crippen molar-refractivity contribution < 1.29 is 19.0 Å². The number of aromatic nitrogens is 2. The molecule has 194 valence electrons. The summed E-state index contributed by atoms with van der Waals surface area (Å²) in [6, 6.07) is 13.4. The Morgan fingerprint density at radius 3 is 2.54 bits per heavy atom. The van der Waals surface area contributed by atoms with Gasteiger partial charge in [0.25, 0.3) is 5.91 Å². The van der Waals surface area contributed by atoms with Gasteiger partial charge in [-0.3, -0.25) is 10.1 Å². The van der Waals surface area contributed by atoms with E-state index in [0.717, 1.165) is 22.7 Å². The van der Waals surface area contributed by atoms with E-state index >= 15 is 0 Å². The molecule has 1 heterocycles. The molecule has 0 aliphatic carbocycles. The summed E-state index contributed by atoms with van der Waals surface area (Å²) in [6.45, 7) is 11.2. The van der Waals surface area contributed by atoms with E-state index in [4.69, 9.17) is 14.2 Å². The number of rotatable bonds is 12. The third kappa shape index (κ3) is 8.05. The highest BCUT2D eigenvalue weighted by Crippen LogP contribution is 2.30. The van der Waals surface area contributed by atoms with Crippen molar-refractivity contribution in [2.24, 2.45) is 0 Å². The van der Waals surface area contributed by atoms with Crippen molar-refractivity contribution in [1.29, 1.82) is 5.26 Å². The second kappa shape index (κ2) is 13.4. The lowest BCUT2D eigenvalue weighted by atomic mass is 10.1. The summed E-state index contributed by atoms with van der Waals surface area (Å²) >= 11 is 1.29. The topological polar surface area (TPSA) is 106 Å². The molecule has 0 saturated carbocycles. The molecule has 0 atom stereocenters. The monoisotopic (exact) mass is 520 g/mol. The van der Waals surface area contributed by atoms with Gasteiger partial charge in [0.2, 0.25) is 5.13 Å². The summed E-state index contributed by atoms with van der Waals surface area (Å²) < 4.78 is 17.5. The highest BCUT2D eigenvalue weighted by atomic mass is 32.1. The largest absolute Gasteiger partial charge is 0.490 e. The molecule has 0 radical (unpaired) electrons. The number of nitriles is 1. The van der Waals surface area contributed by atoms with Gasteiger partial charge in [0.1, 0.15) is 35.6 Å². The summed E-state index contributed by atoms with van der Waals surface area (Å²) in [5.41, 5.74) is 2.96. The predicted octanol–water partition coefficient (Wildman–Crippen LogP) is 5.93.